The first-order chi connectivity index (χ1) is 10.3. The van der Waals surface area contributed by atoms with Gasteiger partial charge in [-0.3, -0.25) is 0 Å². The van der Waals surface area contributed by atoms with Crippen LogP contribution in [0.3, 0.4) is 0 Å². The van der Waals surface area contributed by atoms with Crippen molar-refractivity contribution in [2.24, 2.45) is 7.05 Å². The lowest BCUT2D eigenvalue weighted by molar-refractivity contribution is 0.637. The van der Waals surface area contributed by atoms with Gasteiger partial charge >= 0.3 is 0 Å². The van der Waals surface area contributed by atoms with Crippen LogP contribution in [0.5, 0.6) is 0 Å². The molecule has 3 rings (SSSR count). The van der Waals surface area contributed by atoms with E-state index in [1.807, 2.05) is 41.9 Å². The summed E-state index contributed by atoms with van der Waals surface area (Å²) in [5, 5.41) is 19.9. The molecule has 7 heteroatoms. The van der Waals surface area contributed by atoms with Gasteiger partial charge in [-0.15, -0.1) is 10.2 Å². The third-order valence-electron chi connectivity index (χ3n) is 3.16. The Balaban J connectivity index is 1.50. The molecule has 108 valence electrons. The summed E-state index contributed by atoms with van der Waals surface area (Å²) in [4.78, 5) is 1.64. The van der Waals surface area contributed by atoms with Crippen molar-refractivity contribution in [2.75, 3.05) is 6.54 Å². The highest BCUT2D eigenvalue weighted by Crippen LogP contribution is 2.04. The first-order valence-electron chi connectivity index (χ1n) is 6.83. The van der Waals surface area contributed by atoms with E-state index in [4.69, 9.17) is 0 Å². The Labute approximate surface area is 122 Å². The number of aromatic nitrogens is 6. The van der Waals surface area contributed by atoms with Crippen molar-refractivity contribution in [1.29, 1.82) is 0 Å². The van der Waals surface area contributed by atoms with E-state index in [2.05, 4.69) is 25.7 Å². The van der Waals surface area contributed by atoms with E-state index < -0.39 is 0 Å². The van der Waals surface area contributed by atoms with Crippen LogP contribution in [0.2, 0.25) is 0 Å². The fourth-order valence-electron chi connectivity index (χ4n) is 2.01. The summed E-state index contributed by atoms with van der Waals surface area (Å²) >= 11 is 0. The molecule has 0 unspecified atom stereocenters. The summed E-state index contributed by atoms with van der Waals surface area (Å²) in [6.45, 7) is 1.51. The van der Waals surface area contributed by atoms with Gasteiger partial charge in [0.15, 0.2) is 0 Å². The minimum absolute atomic E-state index is 0.685. The average molecular weight is 283 g/mol. The summed E-state index contributed by atoms with van der Waals surface area (Å²) in [5.41, 5.74) is 1.87. The molecule has 0 aliphatic carbocycles. The number of hydrogen-bond donors (Lipinski definition) is 1. The van der Waals surface area contributed by atoms with Crippen LogP contribution in [0.1, 0.15) is 11.5 Å². The molecular formula is C14H17N7. The van der Waals surface area contributed by atoms with E-state index in [0.717, 1.165) is 30.2 Å². The second-order valence-electron chi connectivity index (χ2n) is 4.75. The lowest BCUT2D eigenvalue weighted by atomic mass is 10.3. The van der Waals surface area contributed by atoms with E-state index >= 15 is 0 Å². The Morgan fingerprint density at radius 2 is 2.05 bits per heavy atom. The van der Waals surface area contributed by atoms with Crippen LogP contribution < -0.4 is 5.32 Å². The van der Waals surface area contributed by atoms with Crippen LogP contribution in [0, 0.1) is 0 Å². The number of hydrogen-bond acceptors (Lipinski definition) is 5. The molecular weight excluding hydrogens is 266 g/mol. The predicted octanol–water partition coefficient (Wildman–Crippen LogP) is 0.728. The van der Waals surface area contributed by atoms with Gasteiger partial charge in [0, 0.05) is 26.6 Å². The third kappa shape index (κ3) is 3.32. The predicted molar refractivity (Wildman–Crippen MR) is 77.8 cm³/mol. The molecule has 1 aromatic carbocycles. The largest absolute Gasteiger partial charge is 0.321 e. The van der Waals surface area contributed by atoms with Gasteiger partial charge < -0.3 is 9.88 Å². The van der Waals surface area contributed by atoms with Gasteiger partial charge in [0.05, 0.1) is 17.6 Å². The maximum absolute atomic E-state index is 4.44. The summed E-state index contributed by atoms with van der Waals surface area (Å²) in [7, 11) is 1.95. The van der Waals surface area contributed by atoms with Gasteiger partial charge in [-0.2, -0.15) is 15.0 Å². The first-order valence-corrected chi connectivity index (χ1v) is 6.83. The highest BCUT2D eigenvalue weighted by atomic mass is 15.5. The molecule has 0 bridgehead atoms. The van der Waals surface area contributed by atoms with Crippen molar-refractivity contribution < 1.29 is 0 Å². The number of nitrogens with one attached hydrogen (secondary N) is 1. The zero-order chi connectivity index (χ0) is 14.5. The molecule has 3 aromatic rings. The second-order valence-corrected chi connectivity index (χ2v) is 4.75. The van der Waals surface area contributed by atoms with Crippen LogP contribution in [-0.4, -0.2) is 36.3 Å². The molecule has 7 nitrogen and oxygen atoms in total. The molecule has 21 heavy (non-hydrogen) atoms. The Kier molecular flexibility index (Phi) is 4.02. The Morgan fingerprint density at radius 3 is 2.81 bits per heavy atom. The summed E-state index contributed by atoms with van der Waals surface area (Å²) in [6.07, 6.45) is 4.33. The van der Waals surface area contributed by atoms with Crippen molar-refractivity contribution in [1.82, 2.24) is 35.1 Å². The van der Waals surface area contributed by atoms with Gasteiger partial charge in [0.1, 0.15) is 12.2 Å². The summed E-state index contributed by atoms with van der Waals surface area (Å²) in [5.74, 6) is 0.968. The normalized spacial score (nSPS) is 10.9. The molecule has 0 aliphatic heterocycles. The molecule has 1 N–H and O–H groups in total. The first kappa shape index (κ1) is 13.4. The number of para-hydroxylation sites is 1. The molecule has 0 aliphatic rings. The monoisotopic (exact) mass is 283 g/mol. The fraction of sp³-hybridized carbons (Fsp3) is 0.286. The van der Waals surface area contributed by atoms with Crippen LogP contribution in [0.4, 0.5) is 0 Å². The minimum atomic E-state index is 0.685. The highest BCUT2D eigenvalue weighted by molar-refractivity contribution is 5.28. The summed E-state index contributed by atoms with van der Waals surface area (Å²) in [6, 6.07) is 9.87. The maximum atomic E-state index is 4.44. The van der Waals surface area contributed by atoms with Crippen molar-refractivity contribution in [3.8, 4) is 5.69 Å². The SMILES string of the molecule is Cn1cnnc1CCNCc1cnn(-c2ccccc2)n1. The minimum Gasteiger partial charge on any atom is -0.321 e. The van der Waals surface area contributed by atoms with Crippen LogP contribution >= 0.6 is 0 Å². The smallest absolute Gasteiger partial charge is 0.133 e. The highest BCUT2D eigenvalue weighted by Gasteiger charge is 2.03. The van der Waals surface area contributed by atoms with Gasteiger partial charge in [-0.1, -0.05) is 18.2 Å². The molecule has 2 aromatic heterocycles. The number of aryl methyl sites for hydroxylation is 1. The molecule has 0 saturated carbocycles. The van der Waals surface area contributed by atoms with Crippen LogP contribution in [0.25, 0.3) is 5.69 Å². The molecule has 0 fully saturated rings. The van der Waals surface area contributed by atoms with Crippen LogP contribution in [0.15, 0.2) is 42.9 Å². The average Bonchev–Trinajstić information content (AvgIpc) is 3.14. The van der Waals surface area contributed by atoms with E-state index in [-0.39, 0.29) is 0 Å². The maximum Gasteiger partial charge on any atom is 0.133 e. The van der Waals surface area contributed by atoms with Crippen molar-refractivity contribution in [3.63, 3.8) is 0 Å². The van der Waals surface area contributed by atoms with Crippen molar-refractivity contribution in [3.05, 3.63) is 54.4 Å². The van der Waals surface area contributed by atoms with Crippen molar-refractivity contribution >= 4 is 0 Å². The molecule has 2 heterocycles. The van der Waals surface area contributed by atoms with Gasteiger partial charge in [0.25, 0.3) is 0 Å². The Bertz CT molecular complexity index is 686. The molecule has 0 spiro atoms. The fourth-order valence-corrected chi connectivity index (χ4v) is 2.01. The number of nitrogens with zero attached hydrogens (tertiary/aromatic N) is 6. The Hall–Kier alpha value is -2.54. The van der Waals surface area contributed by atoms with E-state index in [1.165, 1.54) is 0 Å². The van der Waals surface area contributed by atoms with E-state index in [9.17, 15) is 0 Å². The second kappa shape index (κ2) is 6.27. The van der Waals surface area contributed by atoms with Crippen molar-refractivity contribution in [2.45, 2.75) is 13.0 Å². The standard InChI is InChI=1S/C14H17N7/c1-20-11-16-18-14(20)7-8-15-9-12-10-17-21(19-12)13-5-3-2-4-6-13/h2-6,10-11,15H,7-9H2,1H3. The zero-order valence-corrected chi connectivity index (χ0v) is 11.8. The number of benzene rings is 1. The zero-order valence-electron chi connectivity index (χ0n) is 11.8. The molecule has 0 radical (unpaired) electrons. The summed E-state index contributed by atoms with van der Waals surface area (Å²) < 4.78 is 1.92. The molecule has 0 saturated heterocycles. The lowest BCUT2D eigenvalue weighted by Gasteiger charge is -2.02. The van der Waals surface area contributed by atoms with Gasteiger partial charge in [0.2, 0.25) is 0 Å². The van der Waals surface area contributed by atoms with E-state index in [0.29, 0.717) is 6.54 Å². The van der Waals surface area contributed by atoms with E-state index in [1.54, 1.807) is 17.3 Å². The lowest BCUT2D eigenvalue weighted by Crippen LogP contribution is -2.18. The van der Waals surface area contributed by atoms with Gasteiger partial charge in [-0.25, -0.2) is 0 Å². The molecule has 0 atom stereocenters. The topological polar surface area (TPSA) is 73.5 Å². The number of rotatable bonds is 6. The third-order valence-corrected chi connectivity index (χ3v) is 3.16. The quantitative estimate of drug-likeness (QED) is 0.675. The Morgan fingerprint density at radius 1 is 1.19 bits per heavy atom. The molecule has 0 amide bonds. The van der Waals surface area contributed by atoms with Gasteiger partial charge in [-0.05, 0) is 12.1 Å². The van der Waals surface area contributed by atoms with Crippen LogP contribution in [-0.2, 0) is 20.0 Å².